The molecular formula is C38H43N3O2S2. The minimum Gasteiger partial charge on any atom is -0.481 e. The molecule has 6 aromatic heterocycles. The van der Waals surface area contributed by atoms with Crippen molar-refractivity contribution in [1.29, 1.82) is 0 Å². The van der Waals surface area contributed by atoms with E-state index >= 15 is 0 Å². The zero-order valence-corrected chi connectivity index (χ0v) is 28.8. The van der Waals surface area contributed by atoms with Gasteiger partial charge in [-0.3, -0.25) is 9.97 Å². The average Bonchev–Trinajstić information content (AvgIpc) is 3.85. The van der Waals surface area contributed by atoms with E-state index in [0.717, 1.165) is 28.2 Å². The fraction of sp³-hybridized carbons (Fsp3) is 0.184. The predicted molar refractivity (Wildman–Crippen MR) is 193 cm³/mol. The van der Waals surface area contributed by atoms with Crippen molar-refractivity contribution in [2.24, 2.45) is 0 Å². The first-order chi connectivity index (χ1) is 21.8. The van der Waals surface area contributed by atoms with Crippen LogP contribution in [0.3, 0.4) is 0 Å². The van der Waals surface area contributed by atoms with Crippen LogP contribution >= 0.6 is 22.7 Å². The van der Waals surface area contributed by atoms with Crippen LogP contribution in [0.5, 0.6) is 5.88 Å². The third-order valence-corrected chi connectivity index (χ3v) is 7.24. The van der Waals surface area contributed by atoms with E-state index in [1.165, 1.54) is 15.8 Å². The Kier molecular flexibility index (Phi) is 17.9. The summed E-state index contributed by atoms with van der Waals surface area (Å²) in [5, 5.41) is 7.49. The molecule has 0 N–H and O–H groups in total. The van der Waals surface area contributed by atoms with Crippen molar-refractivity contribution in [3.05, 3.63) is 165 Å². The van der Waals surface area contributed by atoms with Crippen LogP contribution in [0.25, 0.3) is 10.9 Å². The van der Waals surface area contributed by atoms with E-state index in [-0.39, 0.29) is 0 Å². The van der Waals surface area contributed by atoms with Crippen molar-refractivity contribution in [2.75, 3.05) is 7.11 Å². The Morgan fingerprint density at radius 1 is 0.644 bits per heavy atom. The number of rotatable bonds is 1. The minimum atomic E-state index is 0.667. The Morgan fingerprint density at radius 2 is 1.44 bits per heavy atom. The molecule has 7 rings (SSSR count). The van der Waals surface area contributed by atoms with Gasteiger partial charge in [-0.1, -0.05) is 42.5 Å². The van der Waals surface area contributed by atoms with Gasteiger partial charge < -0.3 is 9.15 Å². The topological polar surface area (TPSA) is 61.0 Å². The lowest BCUT2D eigenvalue weighted by atomic mass is 10.2. The lowest BCUT2D eigenvalue weighted by Crippen LogP contribution is -1.85. The monoisotopic (exact) mass is 637 g/mol. The highest BCUT2D eigenvalue weighted by molar-refractivity contribution is 7.09. The molecule has 1 aromatic carbocycles. The predicted octanol–water partition coefficient (Wildman–Crippen LogP) is 11.0. The number of methoxy groups -OCH3 is 1. The maximum Gasteiger partial charge on any atom is 0.212 e. The summed E-state index contributed by atoms with van der Waals surface area (Å²) in [6.07, 6.45) is 5.23. The average molecular weight is 638 g/mol. The Morgan fingerprint density at radius 3 is 1.87 bits per heavy atom. The second kappa shape index (κ2) is 22.0. The molecule has 0 aliphatic carbocycles. The van der Waals surface area contributed by atoms with Crippen LogP contribution in [0.2, 0.25) is 0 Å². The number of hydrogen-bond donors (Lipinski definition) is 0. The van der Waals surface area contributed by atoms with Crippen LogP contribution in [-0.4, -0.2) is 22.1 Å². The molecule has 0 fully saturated rings. The van der Waals surface area contributed by atoms with E-state index in [4.69, 9.17) is 9.15 Å². The Labute approximate surface area is 276 Å². The zero-order valence-electron chi connectivity index (χ0n) is 27.2. The lowest BCUT2D eigenvalue weighted by Gasteiger charge is -1.95. The second-order valence-corrected chi connectivity index (χ2v) is 11.7. The summed E-state index contributed by atoms with van der Waals surface area (Å²) in [6.45, 7) is 12.1. The molecule has 0 atom stereocenters. The quantitative estimate of drug-likeness (QED) is 0.179. The van der Waals surface area contributed by atoms with Gasteiger partial charge >= 0.3 is 0 Å². The number of ether oxygens (including phenoxy) is 1. The molecular weight excluding hydrogens is 595 g/mol. The molecule has 5 nitrogen and oxygen atoms in total. The SMILES string of the molecule is COc1ccc(C)cn1.Cc1ccc2ccccc2n1.Cc1ccccn1.Cc1ccco1.Cc1cccs1.Cc1ccsc1. The van der Waals surface area contributed by atoms with Gasteiger partial charge in [-0.15, -0.1) is 11.3 Å². The Hall–Kier alpha value is -4.59. The van der Waals surface area contributed by atoms with Gasteiger partial charge in [0.1, 0.15) is 5.76 Å². The third-order valence-electron chi connectivity index (χ3n) is 5.63. The summed E-state index contributed by atoms with van der Waals surface area (Å²) in [5.41, 5.74) is 5.73. The standard InChI is InChI=1S/C10H9N.C7H9NO.C6H7N.C5H6O.2C5H6S/c1-8-6-7-9-4-2-3-5-10(9)11-8;1-6-3-4-7(9-2)8-5-6;1-6-4-2-3-5-7-6;1-5-3-2-4-6-5;1-5-2-3-6-4-5;1-5-3-2-4-6-5/h2-7H,1H3;3-5H,1-2H3;2-5H,1H3;3*2-4H,1H3. The van der Waals surface area contributed by atoms with E-state index in [1.807, 2.05) is 94.4 Å². The molecule has 6 heterocycles. The number of hydrogen-bond acceptors (Lipinski definition) is 7. The molecule has 0 saturated heterocycles. The molecule has 7 heteroatoms. The van der Waals surface area contributed by atoms with Crippen LogP contribution in [-0.2, 0) is 0 Å². The smallest absolute Gasteiger partial charge is 0.212 e. The highest BCUT2D eigenvalue weighted by Crippen LogP contribution is 2.10. The van der Waals surface area contributed by atoms with E-state index in [0.29, 0.717) is 5.88 Å². The van der Waals surface area contributed by atoms with Crippen molar-refractivity contribution in [3.63, 3.8) is 0 Å². The number of fused-ring (bicyclic) bond motifs is 1. The summed E-state index contributed by atoms with van der Waals surface area (Å²) in [4.78, 5) is 13.7. The Bertz CT molecular complexity index is 1590. The van der Waals surface area contributed by atoms with E-state index < -0.39 is 0 Å². The summed E-state index contributed by atoms with van der Waals surface area (Å²) in [7, 11) is 1.61. The fourth-order valence-corrected chi connectivity index (χ4v) is 4.44. The van der Waals surface area contributed by atoms with Crippen LogP contribution < -0.4 is 4.74 Å². The number of pyridine rings is 3. The highest BCUT2D eigenvalue weighted by atomic mass is 32.1. The van der Waals surface area contributed by atoms with Crippen molar-refractivity contribution < 1.29 is 9.15 Å². The van der Waals surface area contributed by atoms with Gasteiger partial charge in [0, 0.05) is 40.1 Å². The van der Waals surface area contributed by atoms with Crippen molar-refractivity contribution >= 4 is 33.6 Å². The molecule has 0 bridgehead atoms. The number of nitrogens with zero attached hydrogens (tertiary/aromatic N) is 3. The van der Waals surface area contributed by atoms with Crippen LogP contribution in [0, 0.1) is 41.5 Å². The van der Waals surface area contributed by atoms with Gasteiger partial charge in [0.05, 0.1) is 18.9 Å². The number of furan rings is 1. The molecule has 0 aliphatic heterocycles. The molecule has 45 heavy (non-hydrogen) atoms. The summed E-state index contributed by atoms with van der Waals surface area (Å²) < 4.78 is 9.69. The van der Waals surface area contributed by atoms with Crippen LogP contribution in [0.1, 0.15) is 33.2 Å². The maximum absolute atomic E-state index is 4.86. The summed E-state index contributed by atoms with van der Waals surface area (Å²) in [5.74, 6) is 1.63. The number of benzene rings is 1. The van der Waals surface area contributed by atoms with Crippen LogP contribution in [0.4, 0.5) is 0 Å². The summed E-state index contributed by atoms with van der Waals surface area (Å²) >= 11 is 3.52. The molecule has 7 aromatic rings. The van der Waals surface area contributed by atoms with Gasteiger partial charge in [-0.05, 0) is 117 Å². The number of aryl methyl sites for hydroxylation is 6. The van der Waals surface area contributed by atoms with Gasteiger partial charge in [0.25, 0.3) is 0 Å². The van der Waals surface area contributed by atoms with Crippen LogP contribution in [0.15, 0.2) is 136 Å². The first-order valence-corrected chi connectivity index (χ1v) is 16.2. The maximum atomic E-state index is 4.86. The van der Waals surface area contributed by atoms with E-state index in [1.54, 1.807) is 48.4 Å². The molecule has 234 valence electrons. The van der Waals surface area contributed by atoms with Crippen molar-refractivity contribution in [1.82, 2.24) is 15.0 Å². The zero-order chi connectivity index (χ0) is 32.7. The second-order valence-electron chi connectivity index (χ2n) is 9.74. The first-order valence-electron chi connectivity index (χ1n) is 14.4. The number of aromatic nitrogens is 3. The third kappa shape index (κ3) is 17.3. The van der Waals surface area contributed by atoms with Gasteiger partial charge in [-0.2, -0.15) is 11.3 Å². The van der Waals surface area contributed by atoms with Gasteiger partial charge in [0.2, 0.25) is 5.88 Å². The molecule has 0 radical (unpaired) electrons. The molecule has 0 spiro atoms. The minimum absolute atomic E-state index is 0.667. The molecule has 0 amide bonds. The fourth-order valence-electron chi connectivity index (χ4n) is 3.24. The molecule has 0 saturated carbocycles. The van der Waals surface area contributed by atoms with E-state index in [2.05, 4.69) is 75.3 Å². The number of thiophene rings is 2. The lowest BCUT2D eigenvalue weighted by molar-refractivity contribution is 0.397. The largest absolute Gasteiger partial charge is 0.481 e. The van der Waals surface area contributed by atoms with E-state index in [9.17, 15) is 0 Å². The first kappa shape index (κ1) is 36.6. The Balaban J connectivity index is 0.000000191. The number of para-hydroxylation sites is 1. The molecule has 0 unspecified atom stereocenters. The highest BCUT2D eigenvalue weighted by Gasteiger charge is 1.91. The van der Waals surface area contributed by atoms with Gasteiger partial charge in [-0.25, -0.2) is 4.98 Å². The van der Waals surface area contributed by atoms with Gasteiger partial charge in [0.15, 0.2) is 0 Å². The van der Waals surface area contributed by atoms with Crippen molar-refractivity contribution in [2.45, 2.75) is 41.5 Å². The van der Waals surface area contributed by atoms with Crippen molar-refractivity contribution in [3.8, 4) is 5.88 Å². The summed E-state index contributed by atoms with van der Waals surface area (Å²) in [6, 6.07) is 32.0. The molecule has 0 aliphatic rings. The normalized spacial score (nSPS) is 9.22.